The molecule has 4 heterocycles. The maximum Gasteiger partial charge on any atom is 0.321 e. The summed E-state index contributed by atoms with van der Waals surface area (Å²) in [5, 5.41) is 18.1. The van der Waals surface area contributed by atoms with Crippen molar-refractivity contribution in [2.45, 2.75) is 11.4 Å². The molecule has 2 atom stereocenters. The number of thiophene rings is 1. The number of nitrogens with zero attached hydrogens (tertiary/aromatic N) is 1. The number of rotatable bonds is 4. The number of fused-ring (bicyclic) bond motifs is 1. The second-order valence-electron chi connectivity index (χ2n) is 6.98. The van der Waals surface area contributed by atoms with Gasteiger partial charge in [0.2, 0.25) is 0 Å². The van der Waals surface area contributed by atoms with E-state index < -0.39 is 12.0 Å². The Morgan fingerprint density at radius 3 is 2.87 bits per heavy atom. The normalized spacial score (nSPS) is 22.4. The number of nitrogens with one attached hydrogen (secondary N) is 2. The summed E-state index contributed by atoms with van der Waals surface area (Å²) in [6.45, 7) is 0. The number of carboxylic acid groups (broad SMARTS) is 1. The van der Waals surface area contributed by atoms with Gasteiger partial charge in [-0.2, -0.15) is 0 Å². The number of pyridine rings is 1. The summed E-state index contributed by atoms with van der Waals surface area (Å²) in [5.41, 5.74) is 3.58. The average Bonchev–Trinajstić information content (AvgIpc) is 3.48. The molecule has 0 spiro atoms. The number of hydrogen-bond donors (Lipinski definition) is 3. The molecule has 5 rings (SSSR count). The SMILES string of the molecule is O=C1NC(=S)SC1=Cc1cc(-c2nc3ccccc3cc2C2N[C@H](C(=O)O)CS2)cs1. The zero-order chi connectivity index (χ0) is 21.5. The zero-order valence-corrected chi connectivity index (χ0v) is 19.1. The van der Waals surface area contributed by atoms with Crippen LogP contribution in [-0.4, -0.2) is 38.1 Å². The number of thioether (sulfide) groups is 2. The molecule has 6 nitrogen and oxygen atoms in total. The number of aliphatic carboxylic acids is 1. The molecule has 2 aromatic heterocycles. The van der Waals surface area contributed by atoms with Crippen molar-refractivity contribution in [3.05, 3.63) is 57.1 Å². The number of carboxylic acids is 1. The molecule has 2 saturated heterocycles. The summed E-state index contributed by atoms with van der Waals surface area (Å²) in [7, 11) is 0. The summed E-state index contributed by atoms with van der Waals surface area (Å²) < 4.78 is 0.462. The molecule has 1 aromatic carbocycles. The van der Waals surface area contributed by atoms with Crippen LogP contribution in [-0.2, 0) is 9.59 Å². The minimum Gasteiger partial charge on any atom is -0.480 e. The van der Waals surface area contributed by atoms with Crippen molar-refractivity contribution in [3.63, 3.8) is 0 Å². The van der Waals surface area contributed by atoms with Crippen LogP contribution in [0.3, 0.4) is 0 Å². The monoisotopic (exact) mass is 485 g/mol. The van der Waals surface area contributed by atoms with Gasteiger partial charge in [0.05, 0.1) is 21.5 Å². The summed E-state index contributed by atoms with van der Waals surface area (Å²) in [6.07, 6.45) is 1.83. The van der Waals surface area contributed by atoms with Crippen LogP contribution in [0.2, 0.25) is 0 Å². The van der Waals surface area contributed by atoms with Gasteiger partial charge in [-0.1, -0.05) is 42.2 Å². The molecule has 1 unspecified atom stereocenters. The highest BCUT2D eigenvalue weighted by Crippen LogP contribution is 2.40. The van der Waals surface area contributed by atoms with Crippen LogP contribution in [0.25, 0.3) is 28.2 Å². The lowest BCUT2D eigenvalue weighted by Crippen LogP contribution is -2.33. The number of benzene rings is 1. The Balaban J connectivity index is 1.56. The standard InChI is InChI=1S/C21H15N3O3S4/c25-18-16(31-21(28)24-18)7-12-5-11(8-29-12)17-13(19-23-15(9-30-19)20(26)27)6-10-3-1-2-4-14(10)22-17/h1-8,15,19,23H,9H2,(H,26,27)(H,24,25,28)/t15-,19?/m0/s1. The molecule has 0 radical (unpaired) electrons. The number of carbonyl (C=O) groups excluding carboxylic acids is 1. The van der Waals surface area contributed by atoms with Crippen molar-refractivity contribution < 1.29 is 14.7 Å². The van der Waals surface area contributed by atoms with Crippen molar-refractivity contribution in [2.24, 2.45) is 0 Å². The van der Waals surface area contributed by atoms with Gasteiger partial charge in [0, 0.05) is 32.5 Å². The molecule has 31 heavy (non-hydrogen) atoms. The van der Waals surface area contributed by atoms with E-state index >= 15 is 0 Å². The van der Waals surface area contributed by atoms with E-state index in [-0.39, 0.29) is 11.3 Å². The summed E-state index contributed by atoms with van der Waals surface area (Å²) in [4.78, 5) is 29.8. The van der Waals surface area contributed by atoms with Gasteiger partial charge in [-0.3, -0.25) is 14.9 Å². The fraction of sp³-hybridized carbons (Fsp3) is 0.143. The first kappa shape index (κ1) is 20.7. The second kappa shape index (κ2) is 8.36. The Labute approximate surface area is 195 Å². The molecule has 156 valence electrons. The van der Waals surface area contributed by atoms with Crippen molar-refractivity contribution >= 4 is 80.3 Å². The van der Waals surface area contributed by atoms with Crippen molar-refractivity contribution in [1.29, 1.82) is 0 Å². The predicted molar refractivity (Wildman–Crippen MR) is 131 cm³/mol. The molecule has 3 N–H and O–H groups in total. The third-order valence-electron chi connectivity index (χ3n) is 4.92. The molecule has 3 aromatic rings. The van der Waals surface area contributed by atoms with E-state index in [0.717, 1.165) is 32.6 Å². The lowest BCUT2D eigenvalue weighted by molar-refractivity contribution is -0.138. The van der Waals surface area contributed by atoms with Crippen LogP contribution in [0.5, 0.6) is 0 Å². The van der Waals surface area contributed by atoms with Crippen LogP contribution >= 0.6 is 47.1 Å². The quantitative estimate of drug-likeness (QED) is 0.373. The Hall–Kier alpha value is -2.24. The summed E-state index contributed by atoms with van der Waals surface area (Å²) in [6, 6.07) is 11.4. The smallest absolute Gasteiger partial charge is 0.321 e. The van der Waals surface area contributed by atoms with Crippen molar-refractivity contribution in [1.82, 2.24) is 15.6 Å². The first-order valence-corrected chi connectivity index (χ1v) is 12.5. The molecule has 2 fully saturated rings. The van der Waals surface area contributed by atoms with Crippen LogP contribution in [0.1, 0.15) is 15.8 Å². The number of hydrogen-bond acceptors (Lipinski definition) is 8. The van der Waals surface area contributed by atoms with Crippen molar-refractivity contribution in [3.8, 4) is 11.3 Å². The third-order valence-corrected chi connectivity index (χ3v) is 8.22. The minimum atomic E-state index is -0.847. The highest BCUT2D eigenvalue weighted by atomic mass is 32.2. The largest absolute Gasteiger partial charge is 0.480 e. The van der Waals surface area contributed by atoms with Gasteiger partial charge in [0.1, 0.15) is 10.4 Å². The molecule has 0 aliphatic carbocycles. The van der Waals surface area contributed by atoms with E-state index in [9.17, 15) is 14.7 Å². The summed E-state index contributed by atoms with van der Waals surface area (Å²) in [5.74, 6) is -0.528. The Bertz CT molecular complexity index is 1270. The van der Waals surface area contributed by atoms with Crippen LogP contribution in [0.15, 0.2) is 46.7 Å². The van der Waals surface area contributed by atoms with Crippen LogP contribution in [0, 0.1) is 0 Å². The Kier molecular flexibility index (Phi) is 5.57. The van der Waals surface area contributed by atoms with Crippen LogP contribution in [0.4, 0.5) is 0 Å². The minimum absolute atomic E-state index is 0.163. The highest BCUT2D eigenvalue weighted by Gasteiger charge is 2.32. The Morgan fingerprint density at radius 2 is 2.13 bits per heavy atom. The fourth-order valence-electron chi connectivity index (χ4n) is 3.46. The van der Waals surface area contributed by atoms with Crippen molar-refractivity contribution in [2.75, 3.05) is 5.75 Å². The molecule has 2 aliphatic heterocycles. The fourth-order valence-corrected chi connectivity index (χ4v) is 6.64. The predicted octanol–water partition coefficient (Wildman–Crippen LogP) is 4.24. The first-order valence-electron chi connectivity index (χ1n) is 9.32. The van der Waals surface area contributed by atoms with E-state index in [2.05, 4.69) is 16.7 Å². The first-order chi connectivity index (χ1) is 15.0. The summed E-state index contributed by atoms with van der Waals surface area (Å²) >= 11 is 9.40. The van der Waals surface area contributed by atoms with E-state index in [1.165, 1.54) is 23.1 Å². The maximum atomic E-state index is 12.0. The topological polar surface area (TPSA) is 91.3 Å². The highest BCUT2D eigenvalue weighted by molar-refractivity contribution is 8.26. The molecule has 0 bridgehead atoms. The lowest BCUT2D eigenvalue weighted by Gasteiger charge is -2.16. The number of aromatic nitrogens is 1. The number of amides is 1. The zero-order valence-electron chi connectivity index (χ0n) is 15.8. The Morgan fingerprint density at radius 1 is 1.29 bits per heavy atom. The van der Waals surface area contributed by atoms with E-state index in [4.69, 9.17) is 17.2 Å². The molecule has 0 saturated carbocycles. The van der Waals surface area contributed by atoms with Gasteiger partial charge in [0.25, 0.3) is 5.91 Å². The number of carbonyl (C=O) groups is 2. The lowest BCUT2D eigenvalue weighted by atomic mass is 10.0. The second-order valence-corrected chi connectivity index (χ2v) is 10.8. The maximum absolute atomic E-state index is 12.0. The van der Waals surface area contributed by atoms with E-state index in [1.54, 1.807) is 11.8 Å². The van der Waals surface area contributed by atoms with Gasteiger partial charge in [-0.15, -0.1) is 23.1 Å². The average molecular weight is 486 g/mol. The van der Waals surface area contributed by atoms with Gasteiger partial charge in [-0.25, -0.2) is 4.98 Å². The molecular formula is C21H15N3O3S4. The molecule has 2 aliphatic rings. The van der Waals surface area contributed by atoms with Gasteiger partial charge < -0.3 is 10.4 Å². The molecule has 1 amide bonds. The number of para-hydroxylation sites is 1. The van der Waals surface area contributed by atoms with E-state index in [1.807, 2.05) is 41.8 Å². The van der Waals surface area contributed by atoms with Crippen LogP contribution < -0.4 is 10.6 Å². The van der Waals surface area contributed by atoms with E-state index in [0.29, 0.717) is 15.0 Å². The number of thiocarbonyl (C=S) groups is 1. The van der Waals surface area contributed by atoms with Gasteiger partial charge >= 0.3 is 5.97 Å². The molecule has 10 heteroatoms. The third kappa shape index (κ3) is 4.13. The molecular weight excluding hydrogens is 471 g/mol. The van der Waals surface area contributed by atoms with Gasteiger partial charge in [-0.05, 0) is 24.3 Å². The van der Waals surface area contributed by atoms with Gasteiger partial charge in [0.15, 0.2) is 0 Å².